The van der Waals surface area contributed by atoms with E-state index in [4.69, 9.17) is 4.74 Å². The summed E-state index contributed by atoms with van der Waals surface area (Å²) in [4.78, 5) is 2.52. The van der Waals surface area contributed by atoms with Crippen LogP contribution < -0.4 is 15.0 Å². The van der Waals surface area contributed by atoms with E-state index in [2.05, 4.69) is 52.1 Å². The molecule has 1 aromatic carbocycles. The number of halogens is 1. The highest BCUT2D eigenvalue weighted by Gasteiger charge is 2.45. The predicted molar refractivity (Wildman–Crippen MR) is 86.6 cm³/mol. The van der Waals surface area contributed by atoms with E-state index < -0.39 is 0 Å². The number of nitrogens with one attached hydrogen (secondary N) is 1. The molecule has 2 unspecified atom stereocenters. The fourth-order valence-corrected chi connectivity index (χ4v) is 3.69. The maximum absolute atomic E-state index is 5.40. The van der Waals surface area contributed by atoms with Gasteiger partial charge >= 0.3 is 0 Å². The first-order valence-electron chi connectivity index (χ1n) is 7.38. The SMILES string of the molecule is COc1cc(Br)cc(N2CC(C)(C3CC3)NCC2C)c1. The quantitative estimate of drug-likeness (QED) is 0.913. The molecule has 2 fully saturated rings. The molecule has 1 N–H and O–H groups in total. The second-order valence-corrected chi connectivity index (χ2v) is 7.31. The molecule has 110 valence electrons. The largest absolute Gasteiger partial charge is 0.497 e. The summed E-state index contributed by atoms with van der Waals surface area (Å²) in [6.07, 6.45) is 2.74. The van der Waals surface area contributed by atoms with Crippen molar-refractivity contribution in [1.82, 2.24) is 5.32 Å². The zero-order valence-corrected chi connectivity index (χ0v) is 14.0. The number of hydrogen-bond donors (Lipinski definition) is 1. The van der Waals surface area contributed by atoms with Crippen LogP contribution >= 0.6 is 15.9 Å². The van der Waals surface area contributed by atoms with Crippen molar-refractivity contribution in [2.24, 2.45) is 5.92 Å². The second kappa shape index (κ2) is 5.23. The summed E-state index contributed by atoms with van der Waals surface area (Å²) in [5.41, 5.74) is 1.50. The van der Waals surface area contributed by atoms with Crippen molar-refractivity contribution < 1.29 is 4.74 Å². The number of nitrogens with zero attached hydrogens (tertiary/aromatic N) is 1. The van der Waals surface area contributed by atoms with E-state index in [0.29, 0.717) is 6.04 Å². The molecule has 0 bridgehead atoms. The van der Waals surface area contributed by atoms with Crippen LogP contribution in [0.3, 0.4) is 0 Å². The number of ether oxygens (including phenoxy) is 1. The van der Waals surface area contributed by atoms with Gasteiger partial charge in [0.15, 0.2) is 0 Å². The third kappa shape index (κ3) is 2.68. The number of anilines is 1. The highest BCUT2D eigenvalue weighted by molar-refractivity contribution is 9.10. The lowest BCUT2D eigenvalue weighted by molar-refractivity contribution is 0.260. The summed E-state index contributed by atoms with van der Waals surface area (Å²) in [5.74, 6) is 1.75. The second-order valence-electron chi connectivity index (χ2n) is 6.40. The van der Waals surface area contributed by atoms with Crippen LogP contribution in [0.2, 0.25) is 0 Å². The molecule has 3 nitrogen and oxygen atoms in total. The Kier molecular flexibility index (Phi) is 3.71. The molecule has 1 aliphatic carbocycles. The van der Waals surface area contributed by atoms with Crippen LogP contribution in [-0.4, -0.2) is 31.8 Å². The first-order chi connectivity index (χ1) is 9.51. The Bertz CT molecular complexity index is 503. The highest BCUT2D eigenvalue weighted by atomic mass is 79.9. The maximum atomic E-state index is 5.40. The van der Waals surface area contributed by atoms with Crippen molar-refractivity contribution in [2.45, 2.75) is 38.3 Å². The first kappa shape index (κ1) is 14.2. The Balaban J connectivity index is 1.88. The Labute approximate surface area is 129 Å². The van der Waals surface area contributed by atoms with Gasteiger partial charge in [-0.15, -0.1) is 0 Å². The molecule has 3 rings (SSSR count). The van der Waals surface area contributed by atoms with Gasteiger partial charge in [-0.3, -0.25) is 0 Å². The Morgan fingerprint density at radius 1 is 1.35 bits per heavy atom. The number of benzene rings is 1. The fourth-order valence-electron chi connectivity index (χ4n) is 3.23. The average Bonchev–Trinajstić information content (AvgIpc) is 3.26. The van der Waals surface area contributed by atoms with E-state index in [-0.39, 0.29) is 5.54 Å². The number of hydrogen-bond acceptors (Lipinski definition) is 3. The molecule has 0 aromatic heterocycles. The zero-order valence-electron chi connectivity index (χ0n) is 12.4. The molecule has 1 saturated heterocycles. The van der Waals surface area contributed by atoms with Gasteiger partial charge in [0.25, 0.3) is 0 Å². The molecule has 4 heteroatoms. The number of methoxy groups -OCH3 is 1. The monoisotopic (exact) mass is 338 g/mol. The minimum Gasteiger partial charge on any atom is -0.497 e. The summed E-state index contributed by atoms with van der Waals surface area (Å²) in [6.45, 7) is 6.77. The molecular weight excluding hydrogens is 316 g/mol. The van der Waals surface area contributed by atoms with Gasteiger partial charge in [0.05, 0.1) is 7.11 Å². The van der Waals surface area contributed by atoms with Crippen LogP contribution in [0.5, 0.6) is 5.75 Å². The Morgan fingerprint density at radius 3 is 2.75 bits per heavy atom. The molecule has 0 spiro atoms. The van der Waals surface area contributed by atoms with Gasteiger partial charge in [0.1, 0.15) is 5.75 Å². The molecule has 1 heterocycles. The van der Waals surface area contributed by atoms with Crippen LogP contribution in [0.25, 0.3) is 0 Å². The van der Waals surface area contributed by atoms with Crippen molar-refractivity contribution in [3.63, 3.8) is 0 Å². The van der Waals surface area contributed by atoms with Crippen molar-refractivity contribution in [1.29, 1.82) is 0 Å². The van der Waals surface area contributed by atoms with Crippen molar-refractivity contribution in [3.8, 4) is 5.75 Å². The molecule has 1 saturated carbocycles. The molecule has 1 aliphatic heterocycles. The third-order valence-corrected chi connectivity index (χ3v) is 5.19. The standard InChI is InChI=1S/C16H23BrN2O/c1-11-9-18-16(2,12-4-5-12)10-19(11)14-6-13(17)7-15(8-14)20-3/h6-8,11-12,18H,4-5,9-10H2,1-3H3. The van der Waals surface area contributed by atoms with Gasteiger partial charge in [-0.2, -0.15) is 0 Å². The lowest BCUT2D eigenvalue weighted by Gasteiger charge is -2.47. The van der Waals surface area contributed by atoms with Gasteiger partial charge in [0, 0.05) is 40.9 Å². The van der Waals surface area contributed by atoms with E-state index in [1.165, 1.54) is 18.5 Å². The van der Waals surface area contributed by atoms with E-state index in [0.717, 1.165) is 29.2 Å². The maximum Gasteiger partial charge on any atom is 0.122 e. The summed E-state index contributed by atoms with van der Waals surface area (Å²) >= 11 is 3.59. The molecule has 2 aliphatic rings. The summed E-state index contributed by atoms with van der Waals surface area (Å²) in [5, 5.41) is 3.77. The van der Waals surface area contributed by atoms with Gasteiger partial charge in [-0.25, -0.2) is 0 Å². The van der Waals surface area contributed by atoms with Crippen LogP contribution in [-0.2, 0) is 0 Å². The molecular formula is C16H23BrN2O. The van der Waals surface area contributed by atoms with Crippen molar-refractivity contribution in [3.05, 3.63) is 22.7 Å². The molecule has 2 atom stereocenters. The topological polar surface area (TPSA) is 24.5 Å². The van der Waals surface area contributed by atoms with E-state index in [9.17, 15) is 0 Å². The summed E-state index contributed by atoms with van der Waals surface area (Å²) in [6, 6.07) is 6.84. The van der Waals surface area contributed by atoms with E-state index in [1.807, 2.05) is 6.07 Å². The summed E-state index contributed by atoms with van der Waals surface area (Å²) in [7, 11) is 1.72. The smallest absolute Gasteiger partial charge is 0.122 e. The fraction of sp³-hybridized carbons (Fsp3) is 0.625. The van der Waals surface area contributed by atoms with Gasteiger partial charge in [-0.1, -0.05) is 15.9 Å². The molecule has 1 aromatic rings. The Hall–Kier alpha value is -0.740. The molecule has 0 radical (unpaired) electrons. The van der Waals surface area contributed by atoms with Gasteiger partial charge in [-0.05, 0) is 44.7 Å². The van der Waals surface area contributed by atoms with E-state index >= 15 is 0 Å². The van der Waals surface area contributed by atoms with Crippen molar-refractivity contribution in [2.75, 3.05) is 25.1 Å². The first-order valence-corrected chi connectivity index (χ1v) is 8.17. The van der Waals surface area contributed by atoms with Gasteiger partial charge in [0.2, 0.25) is 0 Å². The lowest BCUT2D eigenvalue weighted by atomic mass is 9.91. The number of piperazine rings is 1. The van der Waals surface area contributed by atoms with Crippen LogP contribution in [0.4, 0.5) is 5.69 Å². The predicted octanol–water partition coefficient (Wildman–Crippen LogP) is 3.42. The zero-order chi connectivity index (χ0) is 14.3. The lowest BCUT2D eigenvalue weighted by Crippen LogP contribution is -2.63. The van der Waals surface area contributed by atoms with Crippen molar-refractivity contribution >= 4 is 21.6 Å². The van der Waals surface area contributed by atoms with Crippen LogP contribution in [0, 0.1) is 5.92 Å². The third-order valence-electron chi connectivity index (χ3n) is 4.73. The molecule has 20 heavy (non-hydrogen) atoms. The van der Waals surface area contributed by atoms with Crippen LogP contribution in [0.1, 0.15) is 26.7 Å². The average molecular weight is 339 g/mol. The Morgan fingerprint density at radius 2 is 2.10 bits per heavy atom. The minimum atomic E-state index is 0.252. The summed E-state index contributed by atoms with van der Waals surface area (Å²) < 4.78 is 6.48. The highest BCUT2D eigenvalue weighted by Crippen LogP contribution is 2.42. The number of rotatable bonds is 3. The molecule has 0 amide bonds. The van der Waals surface area contributed by atoms with Crippen LogP contribution in [0.15, 0.2) is 22.7 Å². The van der Waals surface area contributed by atoms with Gasteiger partial charge < -0.3 is 15.0 Å². The minimum absolute atomic E-state index is 0.252. The normalized spacial score (nSPS) is 30.4. The van der Waals surface area contributed by atoms with E-state index in [1.54, 1.807) is 7.11 Å².